The number of rotatable bonds is 6. The van der Waals surface area contributed by atoms with Gasteiger partial charge in [-0.2, -0.15) is 0 Å². The predicted octanol–water partition coefficient (Wildman–Crippen LogP) is 2.13. The van der Waals surface area contributed by atoms with E-state index in [0.717, 1.165) is 0 Å². The van der Waals surface area contributed by atoms with Crippen LogP contribution in [0.4, 0.5) is 0 Å². The zero-order valence-corrected chi connectivity index (χ0v) is 10.3. The molecule has 0 saturated carbocycles. The van der Waals surface area contributed by atoms with Gasteiger partial charge in [-0.3, -0.25) is 4.79 Å². The van der Waals surface area contributed by atoms with Crippen LogP contribution in [0.15, 0.2) is 51.9 Å². The minimum atomic E-state index is -0.631. The number of carbonyl (C=O) groups excluding carboxylic acids is 1. The van der Waals surface area contributed by atoms with Gasteiger partial charge < -0.3 is 19.3 Å². The van der Waals surface area contributed by atoms with Crippen molar-refractivity contribution in [2.75, 3.05) is 6.54 Å². The fourth-order valence-electron chi connectivity index (χ4n) is 1.57. The number of nitrogens with one attached hydrogen (secondary N) is 1. The van der Waals surface area contributed by atoms with Crippen LogP contribution in [0.5, 0.6) is 0 Å². The highest BCUT2D eigenvalue weighted by molar-refractivity contribution is 5.91. The first-order chi connectivity index (χ1) is 9.25. The lowest BCUT2D eigenvalue weighted by atomic mass is 10.1. The van der Waals surface area contributed by atoms with E-state index in [9.17, 15) is 9.90 Å². The maximum absolute atomic E-state index is 11.5. The van der Waals surface area contributed by atoms with E-state index >= 15 is 0 Å². The van der Waals surface area contributed by atoms with E-state index in [0.29, 0.717) is 24.3 Å². The average Bonchev–Trinajstić information content (AvgIpc) is 3.09. The molecule has 100 valence electrons. The van der Waals surface area contributed by atoms with Crippen molar-refractivity contribution in [3.63, 3.8) is 0 Å². The third kappa shape index (κ3) is 4.15. The van der Waals surface area contributed by atoms with Crippen molar-refractivity contribution in [1.82, 2.24) is 5.32 Å². The smallest absolute Gasteiger partial charge is 0.244 e. The minimum absolute atomic E-state index is 0.226. The highest BCUT2D eigenvalue weighted by Crippen LogP contribution is 2.15. The fraction of sp³-hybridized carbons (Fsp3) is 0.214. The van der Waals surface area contributed by atoms with E-state index in [1.54, 1.807) is 30.5 Å². The Balaban J connectivity index is 1.69. The molecule has 0 bridgehead atoms. The number of hydrogen-bond acceptors (Lipinski definition) is 4. The number of hydrogen-bond donors (Lipinski definition) is 2. The van der Waals surface area contributed by atoms with Gasteiger partial charge in [-0.25, -0.2) is 0 Å². The molecule has 0 aliphatic heterocycles. The van der Waals surface area contributed by atoms with E-state index in [4.69, 9.17) is 8.83 Å². The predicted molar refractivity (Wildman–Crippen MR) is 69.0 cm³/mol. The minimum Gasteiger partial charge on any atom is -0.472 e. The Hall–Kier alpha value is -2.27. The molecule has 2 heterocycles. The maximum Gasteiger partial charge on any atom is 0.244 e. The number of amides is 1. The Bertz CT molecular complexity index is 514. The Morgan fingerprint density at radius 3 is 3.00 bits per heavy atom. The third-order valence-corrected chi connectivity index (χ3v) is 2.59. The normalized spacial score (nSPS) is 12.7. The molecule has 2 aromatic heterocycles. The van der Waals surface area contributed by atoms with Crippen LogP contribution in [-0.2, 0) is 4.79 Å². The Kier molecular flexibility index (Phi) is 4.58. The van der Waals surface area contributed by atoms with Crippen molar-refractivity contribution in [3.05, 3.63) is 54.4 Å². The van der Waals surface area contributed by atoms with Crippen molar-refractivity contribution in [2.24, 2.45) is 0 Å². The monoisotopic (exact) mass is 261 g/mol. The summed E-state index contributed by atoms with van der Waals surface area (Å²) in [4.78, 5) is 11.5. The van der Waals surface area contributed by atoms with E-state index in [2.05, 4.69) is 5.32 Å². The first-order valence-electron chi connectivity index (χ1n) is 5.95. The van der Waals surface area contributed by atoms with Crippen LogP contribution < -0.4 is 5.32 Å². The van der Waals surface area contributed by atoms with Crippen LogP contribution >= 0.6 is 0 Å². The second-order valence-corrected chi connectivity index (χ2v) is 4.00. The molecule has 0 saturated heterocycles. The molecule has 5 heteroatoms. The summed E-state index contributed by atoms with van der Waals surface area (Å²) in [7, 11) is 0. The second kappa shape index (κ2) is 6.61. The van der Waals surface area contributed by atoms with Crippen molar-refractivity contribution >= 4 is 12.0 Å². The molecule has 2 aromatic rings. The van der Waals surface area contributed by atoms with E-state index < -0.39 is 6.10 Å². The number of furan rings is 2. The molecule has 2 N–H and O–H groups in total. The second-order valence-electron chi connectivity index (χ2n) is 4.00. The molecule has 2 rings (SSSR count). The molecule has 1 atom stereocenters. The summed E-state index contributed by atoms with van der Waals surface area (Å²) in [5.74, 6) is 0.393. The summed E-state index contributed by atoms with van der Waals surface area (Å²) >= 11 is 0. The third-order valence-electron chi connectivity index (χ3n) is 2.59. The molecule has 0 radical (unpaired) electrons. The number of carbonyl (C=O) groups is 1. The molecule has 0 fully saturated rings. The Morgan fingerprint density at radius 2 is 2.32 bits per heavy atom. The van der Waals surface area contributed by atoms with E-state index in [1.807, 2.05) is 0 Å². The molecule has 0 spiro atoms. The van der Waals surface area contributed by atoms with Gasteiger partial charge in [-0.1, -0.05) is 0 Å². The first kappa shape index (κ1) is 13.2. The number of aliphatic hydroxyl groups excluding tert-OH is 1. The lowest BCUT2D eigenvalue weighted by Crippen LogP contribution is -2.23. The van der Waals surface area contributed by atoms with Gasteiger partial charge in [0.05, 0.1) is 24.9 Å². The lowest BCUT2D eigenvalue weighted by molar-refractivity contribution is -0.116. The van der Waals surface area contributed by atoms with Crippen LogP contribution in [0, 0.1) is 0 Å². The van der Waals surface area contributed by atoms with Crippen molar-refractivity contribution in [1.29, 1.82) is 0 Å². The van der Waals surface area contributed by atoms with Gasteiger partial charge in [0.25, 0.3) is 0 Å². The quantitative estimate of drug-likeness (QED) is 0.781. The summed E-state index contributed by atoms with van der Waals surface area (Å²) < 4.78 is 9.93. The lowest BCUT2D eigenvalue weighted by Gasteiger charge is -2.07. The van der Waals surface area contributed by atoms with Crippen LogP contribution in [0.25, 0.3) is 6.08 Å². The Labute approximate surface area is 110 Å². The van der Waals surface area contributed by atoms with Crippen LogP contribution in [0.3, 0.4) is 0 Å². The molecule has 0 aliphatic carbocycles. The first-order valence-corrected chi connectivity index (χ1v) is 5.95. The molecule has 1 amide bonds. The average molecular weight is 261 g/mol. The van der Waals surface area contributed by atoms with Gasteiger partial charge in [0, 0.05) is 18.2 Å². The Morgan fingerprint density at radius 1 is 1.42 bits per heavy atom. The molecular formula is C14H15NO4. The van der Waals surface area contributed by atoms with E-state index in [1.165, 1.54) is 18.6 Å². The summed E-state index contributed by atoms with van der Waals surface area (Å²) in [6.45, 7) is 0.383. The summed E-state index contributed by atoms with van der Waals surface area (Å²) in [6.07, 6.45) is 7.31. The standard InChI is InChI=1S/C14H15NO4/c16-13(11-6-9-18-10-11)5-7-15-14(17)4-3-12-2-1-8-19-12/h1-4,6,8-10,13,16H,5,7H2,(H,15,17). The van der Waals surface area contributed by atoms with Gasteiger partial charge >= 0.3 is 0 Å². The van der Waals surface area contributed by atoms with Gasteiger partial charge in [0.2, 0.25) is 5.91 Å². The van der Waals surface area contributed by atoms with Gasteiger partial charge in [-0.15, -0.1) is 0 Å². The SMILES string of the molecule is O=C(C=Cc1ccco1)NCCC(O)c1ccoc1. The molecule has 19 heavy (non-hydrogen) atoms. The zero-order chi connectivity index (χ0) is 13.5. The van der Waals surface area contributed by atoms with Crippen molar-refractivity contribution in [2.45, 2.75) is 12.5 Å². The van der Waals surface area contributed by atoms with E-state index in [-0.39, 0.29) is 5.91 Å². The highest BCUT2D eigenvalue weighted by Gasteiger charge is 2.08. The van der Waals surface area contributed by atoms with Gasteiger partial charge in [0.15, 0.2) is 0 Å². The number of aliphatic hydroxyl groups is 1. The van der Waals surface area contributed by atoms with Crippen LogP contribution in [-0.4, -0.2) is 17.6 Å². The summed E-state index contributed by atoms with van der Waals surface area (Å²) in [5, 5.41) is 12.4. The summed E-state index contributed by atoms with van der Waals surface area (Å²) in [5.41, 5.74) is 0.709. The molecule has 0 aromatic carbocycles. The van der Waals surface area contributed by atoms with Gasteiger partial charge in [0.1, 0.15) is 5.76 Å². The van der Waals surface area contributed by atoms with Crippen LogP contribution in [0.1, 0.15) is 23.8 Å². The van der Waals surface area contributed by atoms with Crippen molar-refractivity contribution in [3.8, 4) is 0 Å². The zero-order valence-electron chi connectivity index (χ0n) is 10.3. The van der Waals surface area contributed by atoms with Crippen molar-refractivity contribution < 1.29 is 18.7 Å². The maximum atomic E-state index is 11.5. The largest absolute Gasteiger partial charge is 0.472 e. The molecule has 5 nitrogen and oxygen atoms in total. The molecule has 0 aliphatic rings. The fourth-order valence-corrected chi connectivity index (χ4v) is 1.57. The topological polar surface area (TPSA) is 75.6 Å². The van der Waals surface area contributed by atoms with Gasteiger partial charge in [-0.05, 0) is 30.7 Å². The van der Waals surface area contributed by atoms with Crippen LogP contribution in [0.2, 0.25) is 0 Å². The summed E-state index contributed by atoms with van der Waals surface area (Å²) in [6, 6.07) is 5.20. The highest BCUT2D eigenvalue weighted by atomic mass is 16.3. The molecule has 1 unspecified atom stereocenters. The molecular weight excluding hydrogens is 246 g/mol.